The van der Waals surface area contributed by atoms with Gasteiger partial charge in [-0.2, -0.15) is 4.20 Å². The van der Waals surface area contributed by atoms with Gasteiger partial charge >= 0.3 is 7.68 Å². The van der Waals surface area contributed by atoms with E-state index >= 15 is 0 Å². The molecule has 0 radical (unpaired) electrons. The van der Waals surface area contributed by atoms with Gasteiger partial charge in [0.25, 0.3) is 0 Å². The Morgan fingerprint density at radius 3 is 2.33 bits per heavy atom. The monoisotopic (exact) mass is 154 g/mol. The van der Waals surface area contributed by atoms with E-state index in [4.69, 9.17) is 0 Å². The zero-order valence-corrected chi connectivity index (χ0v) is 6.82. The molecule has 0 aromatic rings. The Bertz CT molecular complexity index is 120. The lowest BCUT2D eigenvalue weighted by atomic mass is 10.3. The first-order valence-corrected chi connectivity index (χ1v) is 4.87. The molecule has 56 valence electrons. The second-order valence-electron chi connectivity index (χ2n) is 2.07. The third kappa shape index (κ3) is 6.00. The molecule has 0 fully saturated rings. The highest BCUT2D eigenvalue weighted by molar-refractivity contribution is 7.52. The third-order valence-electron chi connectivity index (χ3n) is 0.943. The van der Waals surface area contributed by atoms with E-state index in [1.54, 1.807) is 6.92 Å². The predicted octanol–water partition coefficient (Wildman–Crippen LogP) is 2.59. The quantitative estimate of drug-likeness (QED) is 0.584. The van der Waals surface area contributed by atoms with E-state index in [-0.39, 0.29) is 6.10 Å². The summed E-state index contributed by atoms with van der Waals surface area (Å²) in [6.07, 6.45) is 0.438. The van der Waals surface area contributed by atoms with E-state index in [2.05, 4.69) is 4.52 Å². The van der Waals surface area contributed by atoms with E-state index in [9.17, 15) is 8.76 Å². The molecule has 4 heteroatoms. The van der Waals surface area contributed by atoms with Gasteiger partial charge < -0.3 is 4.52 Å². The van der Waals surface area contributed by atoms with Crippen molar-refractivity contribution < 1.29 is 13.3 Å². The lowest BCUT2D eigenvalue weighted by Gasteiger charge is -2.09. The molecule has 2 nitrogen and oxygen atoms in total. The summed E-state index contributed by atoms with van der Waals surface area (Å²) in [6, 6.07) is 0. The fraction of sp³-hybridized carbons (Fsp3) is 1.00. The third-order valence-corrected chi connectivity index (χ3v) is 1.68. The fourth-order valence-electron chi connectivity index (χ4n) is 0.396. The van der Waals surface area contributed by atoms with Crippen LogP contribution >= 0.6 is 7.68 Å². The van der Waals surface area contributed by atoms with Gasteiger partial charge in [-0.05, 0) is 13.3 Å². The molecular formula is C5H12FO2P. The van der Waals surface area contributed by atoms with Crippen molar-refractivity contribution in [3.05, 3.63) is 0 Å². The molecule has 9 heavy (non-hydrogen) atoms. The Morgan fingerprint density at radius 2 is 2.22 bits per heavy atom. The molecule has 0 bridgehead atoms. The van der Waals surface area contributed by atoms with Crippen LogP contribution in [0.2, 0.25) is 0 Å². The zero-order valence-electron chi connectivity index (χ0n) is 5.93. The van der Waals surface area contributed by atoms with Crippen LogP contribution in [0.4, 0.5) is 4.20 Å². The van der Waals surface area contributed by atoms with Gasteiger partial charge in [-0.1, -0.05) is 6.92 Å². The molecule has 0 aliphatic heterocycles. The van der Waals surface area contributed by atoms with Gasteiger partial charge in [-0.25, -0.2) is 0 Å². The van der Waals surface area contributed by atoms with Crippen molar-refractivity contribution in [2.75, 3.05) is 6.66 Å². The molecule has 0 aliphatic rings. The minimum Gasteiger partial charge on any atom is -0.303 e. The average Bonchev–Trinajstić information content (AvgIpc) is 1.62. The maximum absolute atomic E-state index is 12.2. The summed E-state index contributed by atoms with van der Waals surface area (Å²) in [6.45, 7) is 4.51. The van der Waals surface area contributed by atoms with Crippen LogP contribution in [-0.4, -0.2) is 12.8 Å². The molecule has 2 atom stereocenters. The highest BCUT2D eigenvalue weighted by Gasteiger charge is 2.15. The van der Waals surface area contributed by atoms with Crippen molar-refractivity contribution in [3.8, 4) is 0 Å². The van der Waals surface area contributed by atoms with Crippen molar-refractivity contribution in [1.82, 2.24) is 0 Å². The Labute approximate surface area is 55.0 Å². The number of hydrogen-bond acceptors (Lipinski definition) is 2. The molecule has 0 N–H and O–H groups in total. The van der Waals surface area contributed by atoms with Crippen LogP contribution in [0.15, 0.2) is 0 Å². The summed E-state index contributed by atoms with van der Waals surface area (Å²) in [4.78, 5) is 0. The summed E-state index contributed by atoms with van der Waals surface area (Å²) in [5, 5.41) is 0. The van der Waals surface area contributed by atoms with E-state index in [0.717, 1.165) is 6.66 Å². The molecule has 0 heterocycles. The minimum absolute atomic E-state index is 0.245. The van der Waals surface area contributed by atoms with Gasteiger partial charge in [0.05, 0.1) is 6.10 Å². The molecule has 0 rings (SSSR count). The Kier molecular flexibility index (Phi) is 3.37. The van der Waals surface area contributed by atoms with Crippen molar-refractivity contribution in [2.45, 2.75) is 26.4 Å². The Balaban J connectivity index is 3.60. The standard InChI is InChI=1S/C5H12FO2P/c1-4-5(2)8-9(3,6)7/h5H,4H2,1-3H3. The summed E-state index contributed by atoms with van der Waals surface area (Å²) in [5.41, 5.74) is 0. The first-order chi connectivity index (χ1) is 3.95. The van der Waals surface area contributed by atoms with Crippen LogP contribution in [-0.2, 0) is 9.09 Å². The zero-order chi connectivity index (χ0) is 7.49. The number of rotatable bonds is 3. The van der Waals surface area contributed by atoms with Gasteiger partial charge in [0.2, 0.25) is 0 Å². The first kappa shape index (κ1) is 9.12. The molecule has 0 spiro atoms. The van der Waals surface area contributed by atoms with Crippen molar-refractivity contribution in [3.63, 3.8) is 0 Å². The summed E-state index contributed by atoms with van der Waals surface area (Å²) in [7, 11) is -3.74. The van der Waals surface area contributed by atoms with Crippen LogP contribution in [0, 0.1) is 0 Å². The maximum Gasteiger partial charge on any atom is 0.364 e. The van der Waals surface area contributed by atoms with Crippen LogP contribution in [0.5, 0.6) is 0 Å². The lowest BCUT2D eigenvalue weighted by molar-refractivity contribution is 0.205. The fourth-order valence-corrected chi connectivity index (χ4v) is 1.19. The van der Waals surface area contributed by atoms with Crippen LogP contribution < -0.4 is 0 Å². The first-order valence-electron chi connectivity index (χ1n) is 2.91. The molecule has 0 amide bonds. The molecular weight excluding hydrogens is 142 g/mol. The van der Waals surface area contributed by atoms with Gasteiger partial charge in [-0.3, -0.25) is 4.57 Å². The lowest BCUT2D eigenvalue weighted by Crippen LogP contribution is -2.01. The van der Waals surface area contributed by atoms with Crippen molar-refractivity contribution in [1.29, 1.82) is 0 Å². The van der Waals surface area contributed by atoms with Crippen LogP contribution in [0.25, 0.3) is 0 Å². The summed E-state index contributed by atoms with van der Waals surface area (Å²) >= 11 is 0. The number of hydrogen-bond donors (Lipinski definition) is 0. The van der Waals surface area contributed by atoms with Gasteiger partial charge in [0, 0.05) is 6.66 Å². The Hall–Kier alpha value is 0.120. The second-order valence-corrected chi connectivity index (χ2v) is 3.78. The topological polar surface area (TPSA) is 26.3 Å². The van der Waals surface area contributed by atoms with Crippen molar-refractivity contribution in [2.24, 2.45) is 0 Å². The summed E-state index contributed by atoms with van der Waals surface area (Å²) in [5.74, 6) is 0. The molecule has 0 aliphatic carbocycles. The smallest absolute Gasteiger partial charge is 0.303 e. The number of halogens is 1. The van der Waals surface area contributed by atoms with E-state index in [1.807, 2.05) is 6.92 Å². The maximum atomic E-state index is 12.2. The van der Waals surface area contributed by atoms with Gasteiger partial charge in [-0.15, -0.1) is 0 Å². The summed E-state index contributed by atoms with van der Waals surface area (Å²) < 4.78 is 26.9. The van der Waals surface area contributed by atoms with E-state index < -0.39 is 7.68 Å². The van der Waals surface area contributed by atoms with E-state index in [0.29, 0.717) is 6.42 Å². The molecule has 0 aromatic heterocycles. The largest absolute Gasteiger partial charge is 0.364 e. The highest BCUT2D eigenvalue weighted by atomic mass is 31.2. The average molecular weight is 154 g/mol. The molecule has 0 saturated carbocycles. The minimum atomic E-state index is -3.74. The SMILES string of the molecule is CCC(C)OP(C)(=O)F. The predicted molar refractivity (Wildman–Crippen MR) is 35.5 cm³/mol. The highest BCUT2D eigenvalue weighted by Crippen LogP contribution is 2.45. The molecule has 2 unspecified atom stereocenters. The normalized spacial score (nSPS) is 20.9. The second kappa shape index (κ2) is 3.33. The van der Waals surface area contributed by atoms with Gasteiger partial charge in [0.1, 0.15) is 0 Å². The Morgan fingerprint density at radius 1 is 1.78 bits per heavy atom. The molecule has 0 aromatic carbocycles. The van der Waals surface area contributed by atoms with Gasteiger partial charge in [0.15, 0.2) is 0 Å². The van der Waals surface area contributed by atoms with Crippen molar-refractivity contribution >= 4 is 7.68 Å². The van der Waals surface area contributed by atoms with Crippen LogP contribution in [0.3, 0.4) is 0 Å². The molecule has 0 saturated heterocycles. The van der Waals surface area contributed by atoms with Crippen LogP contribution in [0.1, 0.15) is 20.3 Å². The van der Waals surface area contributed by atoms with E-state index in [1.165, 1.54) is 0 Å².